The third kappa shape index (κ3) is 4.90. The number of rotatable bonds is 6. The number of nitrogen functional groups attached to an aromatic ring is 1. The zero-order chi connectivity index (χ0) is 21.8. The maximum Gasteiger partial charge on any atom is 0.293 e. The topological polar surface area (TPSA) is 140 Å². The van der Waals surface area contributed by atoms with Crippen molar-refractivity contribution in [3.63, 3.8) is 0 Å². The molecule has 1 atom stereocenters. The number of halogens is 1. The van der Waals surface area contributed by atoms with Crippen LogP contribution >= 0.6 is 22.6 Å². The molecule has 1 aliphatic rings. The molecular formula is C19H22IN9O2. The molecule has 162 valence electrons. The fraction of sp³-hybridized carbons (Fsp3) is 0.368. The second kappa shape index (κ2) is 9.51. The first-order chi connectivity index (χ1) is 15.0. The van der Waals surface area contributed by atoms with E-state index in [2.05, 4.69) is 65.6 Å². The zero-order valence-corrected chi connectivity index (χ0v) is 19.1. The van der Waals surface area contributed by atoms with Crippen LogP contribution in [0.25, 0.3) is 5.82 Å². The molecule has 0 radical (unpaired) electrons. The lowest BCUT2D eigenvalue weighted by Gasteiger charge is -2.33. The van der Waals surface area contributed by atoms with Crippen LogP contribution in [0.3, 0.4) is 0 Å². The van der Waals surface area contributed by atoms with Crippen LogP contribution in [0.5, 0.6) is 0 Å². The lowest BCUT2D eigenvalue weighted by Crippen LogP contribution is -2.38. The highest BCUT2D eigenvalue weighted by atomic mass is 127. The van der Waals surface area contributed by atoms with Gasteiger partial charge in [0.1, 0.15) is 0 Å². The Kier molecular flexibility index (Phi) is 6.56. The number of benzene rings is 1. The van der Waals surface area contributed by atoms with E-state index in [4.69, 9.17) is 10.4 Å². The Balaban J connectivity index is 1.59. The number of carbonyl (C=O) groups is 1. The average Bonchev–Trinajstić information content (AvgIpc) is 3.35. The Morgan fingerprint density at radius 1 is 1.42 bits per heavy atom. The van der Waals surface area contributed by atoms with Crippen molar-refractivity contribution in [1.29, 1.82) is 0 Å². The number of nitrogens with two attached hydrogens (primary N) is 1. The van der Waals surface area contributed by atoms with Crippen LogP contribution in [0.1, 0.15) is 47.9 Å². The predicted molar refractivity (Wildman–Crippen MR) is 122 cm³/mol. The summed E-state index contributed by atoms with van der Waals surface area (Å²) in [5.41, 5.74) is 9.96. The molecule has 2 aromatic heterocycles. The second-order valence-corrected chi connectivity index (χ2v) is 8.58. The third-order valence-electron chi connectivity index (χ3n) is 5.20. The van der Waals surface area contributed by atoms with Gasteiger partial charge >= 0.3 is 0 Å². The zero-order valence-electron chi connectivity index (χ0n) is 16.9. The summed E-state index contributed by atoms with van der Waals surface area (Å²) in [6.45, 7) is 3.55. The van der Waals surface area contributed by atoms with E-state index in [0.717, 1.165) is 28.5 Å². The standard InChI is InChI=1S/C19H22IN9O2/c1-12-5-2-3-8-28(12)11-15-16(23-27-29(15)18-17(21)25-31-26-18)19(30)24-22-10-13-6-4-7-14(20)9-13/h4,6-7,9-10,12H,2-3,5,8,11H2,1H3,(H2,21,25)(H,24,30)/b22-10+/t12-/m0/s1. The van der Waals surface area contributed by atoms with Gasteiger partial charge in [-0.1, -0.05) is 23.8 Å². The Bertz CT molecular complexity index is 1090. The van der Waals surface area contributed by atoms with Gasteiger partial charge in [-0.2, -0.15) is 9.78 Å². The highest BCUT2D eigenvalue weighted by Gasteiger charge is 2.27. The molecular weight excluding hydrogens is 513 g/mol. The van der Waals surface area contributed by atoms with Gasteiger partial charge in [-0.05, 0) is 76.9 Å². The molecule has 3 N–H and O–H groups in total. The second-order valence-electron chi connectivity index (χ2n) is 7.34. The van der Waals surface area contributed by atoms with Gasteiger partial charge in [0.25, 0.3) is 5.91 Å². The Labute approximate surface area is 192 Å². The number of carbonyl (C=O) groups excluding carboxylic acids is 1. The van der Waals surface area contributed by atoms with Crippen molar-refractivity contribution in [2.24, 2.45) is 5.10 Å². The maximum atomic E-state index is 12.9. The molecule has 0 saturated carbocycles. The molecule has 31 heavy (non-hydrogen) atoms. The van der Waals surface area contributed by atoms with E-state index in [1.165, 1.54) is 11.1 Å². The van der Waals surface area contributed by atoms with Gasteiger partial charge in [0.2, 0.25) is 11.6 Å². The lowest BCUT2D eigenvalue weighted by molar-refractivity contribution is 0.0945. The van der Waals surface area contributed by atoms with Crippen molar-refractivity contribution in [3.8, 4) is 5.82 Å². The SMILES string of the molecule is C[C@H]1CCCCN1Cc1c(C(=O)N/N=C/c2cccc(I)c2)nnn1-c1nonc1N. The highest BCUT2D eigenvalue weighted by molar-refractivity contribution is 14.1. The fourth-order valence-corrected chi connectivity index (χ4v) is 4.09. The summed E-state index contributed by atoms with van der Waals surface area (Å²) in [6.07, 6.45) is 4.96. The van der Waals surface area contributed by atoms with Crippen LogP contribution in [0.4, 0.5) is 5.82 Å². The lowest BCUT2D eigenvalue weighted by atomic mass is 10.0. The van der Waals surface area contributed by atoms with E-state index < -0.39 is 5.91 Å². The molecule has 1 amide bonds. The van der Waals surface area contributed by atoms with E-state index in [9.17, 15) is 4.79 Å². The first-order valence-electron chi connectivity index (χ1n) is 9.89. The number of hydrogen-bond donors (Lipinski definition) is 2. The number of anilines is 1. The molecule has 0 spiro atoms. The smallest absolute Gasteiger partial charge is 0.293 e. The number of amides is 1. The van der Waals surface area contributed by atoms with Gasteiger partial charge < -0.3 is 5.73 Å². The van der Waals surface area contributed by atoms with Gasteiger partial charge in [0.15, 0.2) is 5.69 Å². The number of nitrogens with one attached hydrogen (secondary N) is 1. The monoisotopic (exact) mass is 535 g/mol. The van der Waals surface area contributed by atoms with E-state index in [-0.39, 0.29) is 17.3 Å². The third-order valence-corrected chi connectivity index (χ3v) is 5.87. The summed E-state index contributed by atoms with van der Waals surface area (Å²) < 4.78 is 7.19. The summed E-state index contributed by atoms with van der Waals surface area (Å²) in [6, 6.07) is 8.13. The maximum absolute atomic E-state index is 12.9. The van der Waals surface area contributed by atoms with Gasteiger partial charge in [0.05, 0.1) is 11.9 Å². The highest BCUT2D eigenvalue weighted by Crippen LogP contribution is 2.22. The molecule has 1 saturated heterocycles. The number of nitrogens with zero attached hydrogens (tertiary/aromatic N) is 7. The number of likely N-dealkylation sites (tertiary alicyclic amines) is 1. The molecule has 1 aliphatic heterocycles. The minimum atomic E-state index is -0.470. The van der Waals surface area contributed by atoms with Crippen molar-refractivity contribution in [2.75, 3.05) is 12.3 Å². The average molecular weight is 535 g/mol. The Morgan fingerprint density at radius 3 is 3.03 bits per heavy atom. The number of piperidine rings is 1. The van der Waals surface area contributed by atoms with Crippen LogP contribution in [-0.2, 0) is 6.54 Å². The molecule has 12 heteroatoms. The summed E-state index contributed by atoms with van der Waals surface area (Å²) in [5.74, 6) is -0.196. The van der Waals surface area contributed by atoms with Crippen molar-refractivity contribution < 1.29 is 9.42 Å². The minimum absolute atomic E-state index is 0.0708. The van der Waals surface area contributed by atoms with E-state index in [1.54, 1.807) is 6.21 Å². The largest absolute Gasteiger partial charge is 0.378 e. The predicted octanol–water partition coefficient (Wildman–Crippen LogP) is 1.98. The fourth-order valence-electron chi connectivity index (χ4n) is 3.52. The van der Waals surface area contributed by atoms with Crippen LogP contribution in [0, 0.1) is 3.57 Å². The number of aromatic nitrogens is 5. The van der Waals surface area contributed by atoms with E-state index in [1.807, 2.05) is 24.3 Å². The molecule has 1 aromatic carbocycles. The summed E-state index contributed by atoms with van der Waals surface area (Å²) >= 11 is 2.22. The Morgan fingerprint density at radius 2 is 2.29 bits per heavy atom. The molecule has 0 aliphatic carbocycles. The first-order valence-corrected chi connectivity index (χ1v) is 11.0. The van der Waals surface area contributed by atoms with Crippen molar-refractivity contribution in [2.45, 2.75) is 38.8 Å². The molecule has 1 fully saturated rings. The Hall–Kier alpha value is -2.87. The van der Waals surface area contributed by atoms with Crippen LogP contribution in [0.15, 0.2) is 34.0 Å². The van der Waals surface area contributed by atoms with Crippen molar-refractivity contribution in [1.82, 2.24) is 35.6 Å². The van der Waals surface area contributed by atoms with Crippen molar-refractivity contribution >= 4 is 40.5 Å². The molecule has 0 unspecified atom stereocenters. The molecule has 3 heterocycles. The van der Waals surface area contributed by atoms with Gasteiger partial charge in [-0.3, -0.25) is 9.69 Å². The normalized spacial score (nSPS) is 17.3. The molecule has 11 nitrogen and oxygen atoms in total. The van der Waals surface area contributed by atoms with Crippen molar-refractivity contribution in [3.05, 3.63) is 44.8 Å². The number of hydrogen-bond acceptors (Lipinski definition) is 9. The molecule has 4 rings (SSSR count). The quantitative estimate of drug-likeness (QED) is 0.278. The number of hydrazone groups is 1. The molecule has 0 bridgehead atoms. The van der Waals surface area contributed by atoms with E-state index >= 15 is 0 Å². The van der Waals surface area contributed by atoms with E-state index in [0.29, 0.717) is 18.3 Å². The summed E-state index contributed by atoms with van der Waals surface area (Å²) in [7, 11) is 0. The first kappa shape index (κ1) is 21.4. The summed E-state index contributed by atoms with van der Waals surface area (Å²) in [5, 5.41) is 19.6. The van der Waals surface area contributed by atoms with Crippen LogP contribution in [0.2, 0.25) is 0 Å². The van der Waals surface area contributed by atoms with Gasteiger partial charge in [-0.15, -0.1) is 5.10 Å². The van der Waals surface area contributed by atoms with Gasteiger partial charge in [0, 0.05) is 16.2 Å². The molecule has 3 aromatic rings. The van der Waals surface area contributed by atoms with Crippen LogP contribution < -0.4 is 11.2 Å². The minimum Gasteiger partial charge on any atom is -0.378 e. The summed E-state index contributed by atoms with van der Waals surface area (Å²) in [4.78, 5) is 15.1. The van der Waals surface area contributed by atoms with Crippen LogP contribution in [-0.4, -0.2) is 54.9 Å². The van der Waals surface area contributed by atoms with Gasteiger partial charge in [-0.25, -0.2) is 10.1 Å².